The van der Waals surface area contributed by atoms with Crippen LogP contribution in [-0.2, 0) is 11.1 Å². The van der Waals surface area contributed by atoms with Crippen LogP contribution < -0.4 is 32.6 Å². The van der Waals surface area contributed by atoms with Crippen molar-refractivity contribution in [1.29, 1.82) is 0 Å². The number of rotatable bonds is 10. The summed E-state index contributed by atoms with van der Waals surface area (Å²) < 4.78 is 11.3. The Labute approximate surface area is 400 Å². The fourth-order valence-electron chi connectivity index (χ4n) is 10.3. The van der Waals surface area contributed by atoms with Gasteiger partial charge in [-0.2, -0.15) is 0 Å². The highest BCUT2D eigenvalue weighted by atomic mass is 16.5. The van der Waals surface area contributed by atoms with E-state index in [9.17, 15) is 0 Å². The zero-order valence-corrected chi connectivity index (χ0v) is 38.4. The zero-order chi connectivity index (χ0) is 46.7. The van der Waals surface area contributed by atoms with Crippen molar-refractivity contribution in [3.05, 3.63) is 191 Å². The fraction of sp³-hybridized carbons (Fsp3) is 0.190. The van der Waals surface area contributed by atoms with Gasteiger partial charge in [0.1, 0.15) is 23.1 Å². The highest BCUT2D eigenvalue weighted by Gasteiger charge is 2.47. The van der Waals surface area contributed by atoms with Crippen molar-refractivity contribution in [1.82, 2.24) is 34.1 Å². The number of ether oxygens (including phenoxy) is 1. The Bertz CT molecular complexity index is 3540. The lowest BCUT2D eigenvalue weighted by molar-refractivity contribution is 0.0181. The van der Waals surface area contributed by atoms with E-state index in [0.717, 1.165) is 106 Å². The molecule has 2 saturated carbocycles. The number of para-hydroxylation sites is 1. The molecule has 4 aromatic heterocycles. The number of imidazole rings is 2. The maximum atomic E-state index is 7.42. The Morgan fingerprint density at radius 1 is 0.638 bits per heavy atom. The number of hydrogen-bond donors (Lipinski definition) is 3. The molecule has 0 bridgehead atoms. The van der Waals surface area contributed by atoms with Crippen LogP contribution in [0.2, 0.25) is 0 Å². The van der Waals surface area contributed by atoms with Gasteiger partial charge >= 0.3 is 0 Å². The smallest absolute Gasteiger partial charge is 0.168 e. The van der Waals surface area contributed by atoms with Crippen molar-refractivity contribution < 1.29 is 4.74 Å². The van der Waals surface area contributed by atoms with E-state index >= 15 is 0 Å². The van der Waals surface area contributed by atoms with Gasteiger partial charge in [-0.25, -0.2) is 24.9 Å². The van der Waals surface area contributed by atoms with Crippen LogP contribution in [0.1, 0.15) is 62.1 Å². The normalized spacial score (nSPS) is 19.4. The minimum atomic E-state index is -0.747. The molecular weight excluding hydrogens is 853 g/mol. The predicted octanol–water partition coefficient (Wildman–Crippen LogP) is 9.40. The van der Waals surface area contributed by atoms with Gasteiger partial charge in [0.05, 0.1) is 27.5 Å². The lowest BCUT2D eigenvalue weighted by Gasteiger charge is -2.46. The first kappa shape index (κ1) is 42.4. The summed E-state index contributed by atoms with van der Waals surface area (Å²) in [6.45, 7) is 2.26. The van der Waals surface area contributed by atoms with Crippen molar-refractivity contribution in [2.45, 2.75) is 62.6 Å². The van der Waals surface area contributed by atoms with Crippen LogP contribution in [0.25, 0.3) is 74.4 Å². The summed E-state index contributed by atoms with van der Waals surface area (Å²) in [6.07, 6.45) is 15.0. The van der Waals surface area contributed by atoms with Gasteiger partial charge < -0.3 is 21.9 Å². The molecule has 69 heavy (non-hydrogen) atoms. The Kier molecular flexibility index (Phi) is 10.4. The Morgan fingerprint density at radius 3 is 2.01 bits per heavy atom. The molecule has 11 heteroatoms. The fourth-order valence-corrected chi connectivity index (χ4v) is 10.3. The van der Waals surface area contributed by atoms with Crippen molar-refractivity contribution in [3.63, 3.8) is 0 Å². The Balaban J connectivity index is 0.897. The Hall–Kier alpha value is -7.99. The van der Waals surface area contributed by atoms with Gasteiger partial charge in [0, 0.05) is 34.9 Å². The summed E-state index contributed by atoms with van der Waals surface area (Å²) in [5.41, 5.74) is 30.9. The Morgan fingerprint density at radius 2 is 1.32 bits per heavy atom. The zero-order valence-electron chi connectivity index (χ0n) is 38.4. The first-order chi connectivity index (χ1) is 33.7. The number of aromatic nitrogens is 7. The maximum absolute atomic E-state index is 7.42. The van der Waals surface area contributed by atoms with Gasteiger partial charge in [-0.3, -0.25) is 9.13 Å². The van der Waals surface area contributed by atoms with Gasteiger partial charge in [-0.05, 0) is 121 Å². The molecule has 0 amide bonds. The molecule has 0 aliphatic heterocycles. The molecule has 3 unspecified atom stereocenters. The standard InChI is InChI=1S/C58H52N10O/c1-37-17-30-49-47(27-26-44(37)38-11-4-2-5-12-38)65-56(52-53(59)63-36-35-62-52)67(49)42-24-20-41(21-25-42)58(61)34-31-51(58)69-50-16-9-8-15-45(50)54-66-48-29-28-46(39-13-6-3-7-14-39)64-55(48)68(54)43-22-18-40(19-23-43)57(60)32-10-33-57/h2-9,11-16,18-30,35-37,51H,10,17,31-34,60-61H2,1H3,(H2,59,63). The van der Waals surface area contributed by atoms with E-state index in [2.05, 4.69) is 141 Å². The van der Waals surface area contributed by atoms with E-state index < -0.39 is 5.54 Å². The second kappa shape index (κ2) is 17.0. The first-order valence-corrected chi connectivity index (χ1v) is 23.9. The lowest BCUT2D eigenvalue weighted by atomic mass is 9.70. The molecule has 3 atom stereocenters. The van der Waals surface area contributed by atoms with E-state index in [1.54, 1.807) is 12.4 Å². The van der Waals surface area contributed by atoms with Crippen LogP contribution in [0.4, 0.5) is 5.82 Å². The minimum Gasteiger partial charge on any atom is -0.487 e. The monoisotopic (exact) mass is 904 g/mol. The molecular formula is C58H52N10O. The maximum Gasteiger partial charge on any atom is 0.168 e. The van der Waals surface area contributed by atoms with Gasteiger partial charge in [0.15, 0.2) is 23.1 Å². The van der Waals surface area contributed by atoms with Crippen LogP contribution in [0, 0.1) is 5.92 Å². The van der Waals surface area contributed by atoms with Gasteiger partial charge in [-0.15, -0.1) is 0 Å². The number of hydrogen-bond acceptors (Lipinski definition) is 9. The largest absolute Gasteiger partial charge is 0.487 e. The van der Waals surface area contributed by atoms with Crippen molar-refractivity contribution in [2.24, 2.45) is 17.4 Å². The summed E-state index contributed by atoms with van der Waals surface area (Å²) in [7, 11) is 0. The molecule has 0 radical (unpaired) electrons. The first-order valence-electron chi connectivity index (χ1n) is 23.9. The SMILES string of the molecule is CC1CC=c2c(nc(-c3nccnc3N)n2-c2ccc(C3(N)CCC3Oc3ccccc3-c3nc4ccc(-c5ccccc5)nc4n3-c3ccc(C4(N)CCC4)cc3)cc2)=CC=C1c1ccccc1. The third-order valence-corrected chi connectivity index (χ3v) is 14.6. The number of nitrogens with two attached hydrogens (primary N) is 3. The third-order valence-electron chi connectivity index (χ3n) is 14.6. The van der Waals surface area contributed by atoms with E-state index in [1.807, 2.05) is 48.5 Å². The number of pyridine rings is 1. The van der Waals surface area contributed by atoms with Crippen LogP contribution in [0.3, 0.4) is 0 Å². The molecule has 2 fully saturated rings. The average Bonchev–Trinajstić information content (AvgIpc) is 3.94. The quantitative estimate of drug-likeness (QED) is 0.121. The molecule has 3 aliphatic carbocycles. The molecule has 0 saturated heterocycles. The van der Waals surface area contributed by atoms with E-state index in [-0.39, 0.29) is 17.6 Å². The summed E-state index contributed by atoms with van der Waals surface area (Å²) in [6, 6.07) is 50.0. The lowest BCUT2D eigenvalue weighted by Crippen LogP contribution is -2.58. The van der Waals surface area contributed by atoms with Crippen molar-refractivity contribution in [2.75, 3.05) is 5.73 Å². The second-order valence-corrected chi connectivity index (χ2v) is 18.8. The van der Waals surface area contributed by atoms with Gasteiger partial charge in [-0.1, -0.05) is 116 Å². The molecule has 9 aromatic rings. The molecule has 6 N–H and O–H groups in total. The molecule has 5 aromatic carbocycles. The van der Waals surface area contributed by atoms with Crippen molar-refractivity contribution in [3.8, 4) is 51.3 Å². The molecule has 0 spiro atoms. The highest BCUT2D eigenvalue weighted by molar-refractivity contribution is 5.84. The molecule has 12 rings (SSSR count). The van der Waals surface area contributed by atoms with Crippen LogP contribution in [0.15, 0.2) is 164 Å². The second-order valence-electron chi connectivity index (χ2n) is 18.8. The molecule has 340 valence electrons. The van der Waals surface area contributed by atoms with Crippen LogP contribution in [-0.4, -0.2) is 40.2 Å². The number of nitrogen functional groups attached to an aromatic ring is 1. The summed E-state index contributed by atoms with van der Waals surface area (Å²) in [5.74, 6) is 2.64. The van der Waals surface area contributed by atoms with E-state index in [0.29, 0.717) is 23.1 Å². The molecule has 11 nitrogen and oxygen atoms in total. The number of allylic oxidation sites excluding steroid dienone is 2. The van der Waals surface area contributed by atoms with Crippen molar-refractivity contribution >= 4 is 34.7 Å². The molecule has 4 heterocycles. The van der Waals surface area contributed by atoms with E-state index in [1.165, 1.54) is 11.1 Å². The number of benzene rings is 5. The minimum absolute atomic E-state index is 0.274. The summed E-state index contributed by atoms with van der Waals surface area (Å²) in [5, 5.41) is 1.80. The summed E-state index contributed by atoms with van der Waals surface area (Å²) >= 11 is 0. The highest BCUT2D eigenvalue weighted by Crippen LogP contribution is 2.45. The predicted molar refractivity (Wildman–Crippen MR) is 274 cm³/mol. The topological polar surface area (TPSA) is 162 Å². The molecule has 3 aliphatic rings. The number of nitrogens with zero attached hydrogens (tertiary/aromatic N) is 7. The van der Waals surface area contributed by atoms with Crippen LogP contribution in [0.5, 0.6) is 5.75 Å². The number of anilines is 1. The third kappa shape index (κ3) is 7.42. The van der Waals surface area contributed by atoms with Gasteiger partial charge in [0.2, 0.25) is 0 Å². The van der Waals surface area contributed by atoms with Gasteiger partial charge in [0.25, 0.3) is 0 Å². The number of fused-ring (bicyclic) bond motifs is 2. The van der Waals surface area contributed by atoms with E-state index in [4.69, 9.17) is 36.9 Å². The average molecular weight is 905 g/mol. The summed E-state index contributed by atoms with van der Waals surface area (Å²) in [4.78, 5) is 24.7. The van der Waals surface area contributed by atoms with Crippen LogP contribution >= 0.6 is 0 Å².